The fourth-order valence-electron chi connectivity index (χ4n) is 2.15. The first-order chi connectivity index (χ1) is 9.87. The molecule has 0 aliphatic carbocycles. The van der Waals surface area contributed by atoms with Gasteiger partial charge in [-0.2, -0.15) is 0 Å². The monoisotopic (exact) mass is 303 g/mol. The lowest BCUT2D eigenvalue weighted by Gasteiger charge is -2.20. The van der Waals surface area contributed by atoms with Crippen molar-refractivity contribution in [1.82, 2.24) is 15.5 Å². The van der Waals surface area contributed by atoms with Crippen molar-refractivity contribution in [1.29, 1.82) is 0 Å². The molecule has 21 heavy (non-hydrogen) atoms. The van der Waals surface area contributed by atoms with Gasteiger partial charge in [0.05, 0.1) is 0 Å². The Labute approximate surface area is 131 Å². The summed E-state index contributed by atoms with van der Waals surface area (Å²) in [5.41, 5.74) is 4.00. The topological polar surface area (TPSA) is 37.8 Å². The van der Waals surface area contributed by atoms with Crippen LogP contribution in [0.3, 0.4) is 0 Å². The molecule has 0 radical (unpaired) electrons. The molecule has 0 saturated heterocycles. The maximum atomic E-state index is 4.36. The Morgan fingerprint density at radius 2 is 1.90 bits per heavy atom. The van der Waals surface area contributed by atoms with Crippen molar-refractivity contribution >= 4 is 11.3 Å². The van der Waals surface area contributed by atoms with Crippen LogP contribution in [0.1, 0.15) is 43.3 Å². The van der Waals surface area contributed by atoms with Crippen LogP contribution < -0.4 is 5.32 Å². The molecule has 0 aliphatic heterocycles. The van der Waals surface area contributed by atoms with Gasteiger partial charge < -0.3 is 5.32 Å². The van der Waals surface area contributed by atoms with E-state index in [2.05, 4.69) is 68.3 Å². The van der Waals surface area contributed by atoms with Gasteiger partial charge in [-0.05, 0) is 58.7 Å². The highest BCUT2D eigenvalue weighted by atomic mass is 32.1. The average Bonchev–Trinajstić information content (AvgIpc) is 2.85. The second-order valence-corrected chi connectivity index (χ2v) is 7.59. The number of rotatable bonds is 5. The van der Waals surface area contributed by atoms with Crippen molar-refractivity contribution in [3.05, 3.63) is 34.3 Å². The van der Waals surface area contributed by atoms with Crippen molar-refractivity contribution in [2.24, 2.45) is 0 Å². The summed E-state index contributed by atoms with van der Waals surface area (Å²) in [7, 11) is 0. The molecule has 0 unspecified atom stereocenters. The highest BCUT2D eigenvalue weighted by molar-refractivity contribution is 7.14. The standard InChI is InChI=1S/C17H25N3S/c1-12-8-6-9-14(13(12)2)16-20-19-15(21-16)10-7-11-18-17(3,4)5/h6,8-9,18H,7,10-11H2,1-5H3. The third kappa shape index (κ3) is 4.61. The summed E-state index contributed by atoms with van der Waals surface area (Å²) in [6.07, 6.45) is 2.09. The van der Waals surface area contributed by atoms with E-state index in [4.69, 9.17) is 0 Å². The number of hydrogen-bond donors (Lipinski definition) is 1. The summed E-state index contributed by atoms with van der Waals surface area (Å²) in [6, 6.07) is 6.36. The maximum Gasteiger partial charge on any atom is 0.148 e. The smallest absolute Gasteiger partial charge is 0.148 e. The molecule has 1 N–H and O–H groups in total. The van der Waals surface area contributed by atoms with Crippen molar-refractivity contribution in [2.45, 2.75) is 53.0 Å². The summed E-state index contributed by atoms with van der Waals surface area (Å²) in [5, 5.41) is 14.4. The van der Waals surface area contributed by atoms with Crippen LogP contribution in [-0.2, 0) is 6.42 Å². The zero-order valence-corrected chi connectivity index (χ0v) is 14.5. The van der Waals surface area contributed by atoms with Gasteiger partial charge in [0.1, 0.15) is 10.0 Å². The Balaban J connectivity index is 1.97. The third-order valence-corrected chi connectivity index (χ3v) is 4.54. The summed E-state index contributed by atoms with van der Waals surface area (Å²) in [5.74, 6) is 0. The lowest BCUT2D eigenvalue weighted by Crippen LogP contribution is -2.36. The first-order valence-corrected chi connectivity index (χ1v) is 8.32. The van der Waals surface area contributed by atoms with Gasteiger partial charge in [-0.3, -0.25) is 0 Å². The molecule has 3 nitrogen and oxygen atoms in total. The molecule has 1 aromatic carbocycles. The van der Waals surface area contributed by atoms with Gasteiger partial charge in [0.15, 0.2) is 0 Å². The Bertz CT molecular complexity index is 596. The molecule has 1 aromatic heterocycles. The molecule has 4 heteroatoms. The number of aromatic nitrogens is 2. The highest BCUT2D eigenvalue weighted by Gasteiger charge is 2.11. The molecule has 0 bridgehead atoms. The molecular weight excluding hydrogens is 278 g/mol. The molecule has 2 rings (SSSR count). The molecule has 0 fully saturated rings. The second kappa shape index (κ2) is 6.67. The summed E-state index contributed by atoms with van der Waals surface area (Å²) >= 11 is 1.72. The van der Waals surface area contributed by atoms with Crippen LogP contribution in [0.4, 0.5) is 0 Å². The lowest BCUT2D eigenvalue weighted by atomic mass is 10.0. The van der Waals surface area contributed by atoms with Crippen LogP contribution in [0.5, 0.6) is 0 Å². The van der Waals surface area contributed by atoms with Gasteiger partial charge in [-0.15, -0.1) is 10.2 Å². The van der Waals surface area contributed by atoms with Crippen molar-refractivity contribution in [2.75, 3.05) is 6.54 Å². The van der Waals surface area contributed by atoms with Crippen LogP contribution in [0.15, 0.2) is 18.2 Å². The van der Waals surface area contributed by atoms with Crippen molar-refractivity contribution in [3.8, 4) is 10.6 Å². The number of hydrogen-bond acceptors (Lipinski definition) is 4. The van der Waals surface area contributed by atoms with E-state index >= 15 is 0 Å². The molecule has 0 aliphatic rings. The third-order valence-electron chi connectivity index (χ3n) is 3.52. The van der Waals surface area contributed by atoms with E-state index < -0.39 is 0 Å². The van der Waals surface area contributed by atoms with Gasteiger partial charge in [0.2, 0.25) is 0 Å². The largest absolute Gasteiger partial charge is 0.312 e. The van der Waals surface area contributed by atoms with E-state index in [1.165, 1.54) is 16.7 Å². The molecule has 0 atom stereocenters. The van der Waals surface area contributed by atoms with Gasteiger partial charge in [-0.25, -0.2) is 0 Å². The Hall–Kier alpha value is -1.26. The van der Waals surface area contributed by atoms with Crippen LogP contribution in [0, 0.1) is 13.8 Å². The minimum Gasteiger partial charge on any atom is -0.312 e. The first kappa shape index (κ1) is 16.1. The minimum absolute atomic E-state index is 0.185. The van der Waals surface area contributed by atoms with E-state index in [0.717, 1.165) is 29.4 Å². The van der Waals surface area contributed by atoms with E-state index in [9.17, 15) is 0 Å². The maximum absolute atomic E-state index is 4.36. The SMILES string of the molecule is Cc1cccc(-c2nnc(CCCNC(C)(C)C)s2)c1C. The fourth-order valence-corrected chi connectivity index (χ4v) is 3.11. The molecule has 114 valence electrons. The van der Waals surface area contributed by atoms with Gasteiger partial charge in [0, 0.05) is 17.5 Å². The highest BCUT2D eigenvalue weighted by Crippen LogP contribution is 2.28. The summed E-state index contributed by atoms with van der Waals surface area (Å²) < 4.78 is 0. The molecular formula is C17H25N3S. The van der Waals surface area contributed by atoms with Crippen molar-refractivity contribution in [3.63, 3.8) is 0 Å². The zero-order valence-electron chi connectivity index (χ0n) is 13.7. The number of benzene rings is 1. The number of nitrogens with zero attached hydrogens (tertiary/aromatic N) is 2. The van der Waals surface area contributed by atoms with Gasteiger partial charge in [-0.1, -0.05) is 29.5 Å². The molecule has 1 heterocycles. The van der Waals surface area contributed by atoms with Gasteiger partial charge in [0.25, 0.3) is 0 Å². The van der Waals surface area contributed by atoms with Gasteiger partial charge >= 0.3 is 0 Å². The Morgan fingerprint density at radius 1 is 1.14 bits per heavy atom. The van der Waals surface area contributed by atoms with Crippen LogP contribution in [0.25, 0.3) is 10.6 Å². The Kier molecular flexibility index (Phi) is 5.12. The van der Waals surface area contributed by atoms with Crippen LogP contribution in [0.2, 0.25) is 0 Å². The second-order valence-electron chi connectivity index (χ2n) is 6.53. The van der Waals surface area contributed by atoms with E-state index in [0.29, 0.717) is 0 Å². The zero-order chi connectivity index (χ0) is 15.5. The van der Waals surface area contributed by atoms with Crippen LogP contribution >= 0.6 is 11.3 Å². The summed E-state index contributed by atoms with van der Waals surface area (Å²) in [4.78, 5) is 0. The lowest BCUT2D eigenvalue weighted by molar-refractivity contribution is 0.422. The molecule has 0 amide bonds. The minimum atomic E-state index is 0.185. The Morgan fingerprint density at radius 3 is 2.62 bits per heavy atom. The summed E-state index contributed by atoms with van der Waals surface area (Å²) in [6.45, 7) is 11.9. The van der Waals surface area contributed by atoms with E-state index in [1.807, 2.05) is 0 Å². The van der Waals surface area contributed by atoms with Crippen molar-refractivity contribution < 1.29 is 0 Å². The van der Waals surface area contributed by atoms with E-state index in [1.54, 1.807) is 11.3 Å². The quantitative estimate of drug-likeness (QED) is 0.843. The first-order valence-electron chi connectivity index (χ1n) is 7.51. The van der Waals surface area contributed by atoms with Crippen LogP contribution in [-0.4, -0.2) is 22.3 Å². The predicted octanol–water partition coefficient (Wildman–Crippen LogP) is 4.14. The molecule has 0 spiro atoms. The normalized spacial score (nSPS) is 11.9. The average molecular weight is 303 g/mol. The predicted molar refractivity (Wildman–Crippen MR) is 90.9 cm³/mol. The number of aryl methyl sites for hydroxylation is 2. The van der Waals surface area contributed by atoms with E-state index in [-0.39, 0.29) is 5.54 Å². The fraction of sp³-hybridized carbons (Fsp3) is 0.529. The molecule has 0 saturated carbocycles. The number of nitrogens with one attached hydrogen (secondary N) is 1. The molecule has 2 aromatic rings.